The van der Waals surface area contributed by atoms with E-state index in [4.69, 9.17) is 11.6 Å². The normalized spacial score (nSPS) is 11.1. The molecule has 0 bridgehead atoms. The highest BCUT2D eigenvalue weighted by molar-refractivity contribution is 6.30. The summed E-state index contributed by atoms with van der Waals surface area (Å²) in [6.45, 7) is 3.67. The molecule has 0 fully saturated rings. The van der Waals surface area contributed by atoms with Crippen LogP contribution in [0.4, 0.5) is 5.69 Å². The maximum absolute atomic E-state index is 9.69. The van der Waals surface area contributed by atoms with E-state index in [1.165, 1.54) is 6.07 Å². The van der Waals surface area contributed by atoms with Gasteiger partial charge < -0.3 is 10.2 Å². The lowest BCUT2D eigenvalue weighted by Gasteiger charge is -2.04. The molecule has 0 amide bonds. The van der Waals surface area contributed by atoms with Gasteiger partial charge in [-0.2, -0.15) is 0 Å². The Morgan fingerprint density at radius 2 is 1.68 bits per heavy atom. The number of aliphatic imine (C=N–C) groups is 1. The van der Waals surface area contributed by atoms with E-state index in [2.05, 4.69) is 4.99 Å². The molecular formula is C15H14ClNO2. The van der Waals surface area contributed by atoms with Crippen molar-refractivity contribution in [3.8, 4) is 11.5 Å². The van der Waals surface area contributed by atoms with E-state index in [0.717, 1.165) is 16.7 Å². The van der Waals surface area contributed by atoms with E-state index in [-0.39, 0.29) is 5.75 Å². The SMILES string of the molecule is Cc1cc(C=Nc2ccc(Cl)cc2O)cc(C)c1O. The molecule has 0 saturated carbocycles. The molecule has 0 spiro atoms. The van der Waals surface area contributed by atoms with Gasteiger partial charge in [-0.1, -0.05) is 11.6 Å². The van der Waals surface area contributed by atoms with Crippen molar-refractivity contribution in [2.24, 2.45) is 4.99 Å². The summed E-state index contributed by atoms with van der Waals surface area (Å²) in [5.74, 6) is 0.336. The zero-order valence-corrected chi connectivity index (χ0v) is 11.4. The number of aryl methyl sites for hydroxylation is 2. The van der Waals surface area contributed by atoms with Crippen molar-refractivity contribution >= 4 is 23.5 Å². The van der Waals surface area contributed by atoms with E-state index in [1.54, 1.807) is 18.3 Å². The lowest BCUT2D eigenvalue weighted by atomic mass is 10.1. The van der Waals surface area contributed by atoms with Gasteiger partial charge in [-0.15, -0.1) is 0 Å². The van der Waals surface area contributed by atoms with Gasteiger partial charge in [0.2, 0.25) is 0 Å². The summed E-state index contributed by atoms with van der Waals surface area (Å²) in [4.78, 5) is 4.21. The van der Waals surface area contributed by atoms with Crippen LogP contribution in [0.25, 0.3) is 0 Å². The van der Waals surface area contributed by atoms with Gasteiger partial charge in [-0.05, 0) is 54.8 Å². The monoisotopic (exact) mass is 275 g/mol. The minimum Gasteiger partial charge on any atom is -0.507 e. The lowest BCUT2D eigenvalue weighted by Crippen LogP contribution is -1.87. The summed E-state index contributed by atoms with van der Waals surface area (Å²) in [6.07, 6.45) is 1.64. The van der Waals surface area contributed by atoms with Crippen molar-refractivity contribution in [1.82, 2.24) is 0 Å². The average Bonchev–Trinajstić information content (AvgIpc) is 2.34. The fourth-order valence-electron chi connectivity index (χ4n) is 1.81. The van der Waals surface area contributed by atoms with Crippen LogP contribution in [0.1, 0.15) is 16.7 Å². The maximum atomic E-state index is 9.69. The van der Waals surface area contributed by atoms with Gasteiger partial charge in [0.1, 0.15) is 17.2 Å². The Morgan fingerprint density at radius 1 is 1.05 bits per heavy atom. The van der Waals surface area contributed by atoms with Gasteiger partial charge in [0.05, 0.1) is 0 Å². The molecule has 2 aromatic rings. The number of phenols is 2. The minimum absolute atomic E-state index is 0.0379. The van der Waals surface area contributed by atoms with E-state index < -0.39 is 0 Å². The quantitative estimate of drug-likeness (QED) is 0.810. The van der Waals surface area contributed by atoms with Crippen LogP contribution in [0.3, 0.4) is 0 Å². The summed E-state index contributed by atoms with van der Waals surface area (Å²) in [5.41, 5.74) is 2.90. The fraction of sp³-hybridized carbons (Fsp3) is 0.133. The second-order valence-electron chi connectivity index (χ2n) is 4.39. The van der Waals surface area contributed by atoms with E-state index >= 15 is 0 Å². The van der Waals surface area contributed by atoms with Gasteiger partial charge in [-0.3, -0.25) is 4.99 Å². The number of halogens is 1. The fourth-order valence-corrected chi connectivity index (χ4v) is 1.98. The van der Waals surface area contributed by atoms with Crippen LogP contribution in [0.2, 0.25) is 5.02 Å². The molecule has 3 nitrogen and oxygen atoms in total. The third kappa shape index (κ3) is 3.06. The van der Waals surface area contributed by atoms with E-state index in [0.29, 0.717) is 16.5 Å². The van der Waals surface area contributed by atoms with Crippen LogP contribution in [-0.2, 0) is 0 Å². The molecule has 0 aliphatic carbocycles. The first kappa shape index (κ1) is 13.4. The number of phenolic OH excluding ortho intramolecular Hbond substituents is 2. The van der Waals surface area contributed by atoms with Crippen LogP contribution in [0.5, 0.6) is 11.5 Å². The molecule has 0 aliphatic heterocycles. The van der Waals surface area contributed by atoms with Gasteiger partial charge in [-0.25, -0.2) is 0 Å². The minimum atomic E-state index is 0.0379. The van der Waals surface area contributed by atoms with Crippen LogP contribution in [-0.4, -0.2) is 16.4 Å². The van der Waals surface area contributed by atoms with Crippen LogP contribution >= 0.6 is 11.6 Å². The molecule has 19 heavy (non-hydrogen) atoms. The lowest BCUT2D eigenvalue weighted by molar-refractivity contribution is 0.467. The van der Waals surface area contributed by atoms with Crippen molar-refractivity contribution in [3.63, 3.8) is 0 Å². The molecule has 0 saturated heterocycles. The molecule has 2 N–H and O–H groups in total. The third-order valence-electron chi connectivity index (χ3n) is 2.80. The second kappa shape index (κ2) is 5.33. The number of nitrogens with zero attached hydrogens (tertiary/aromatic N) is 1. The van der Waals surface area contributed by atoms with Gasteiger partial charge >= 0.3 is 0 Å². The zero-order valence-electron chi connectivity index (χ0n) is 10.7. The van der Waals surface area contributed by atoms with Crippen molar-refractivity contribution < 1.29 is 10.2 Å². The number of aromatic hydroxyl groups is 2. The molecular weight excluding hydrogens is 262 g/mol. The summed E-state index contributed by atoms with van der Waals surface area (Å²) < 4.78 is 0. The highest BCUT2D eigenvalue weighted by atomic mass is 35.5. The highest BCUT2D eigenvalue weighted by Crippen LogP contribution is 2.29. The summed E-state index contributed by atoms with van der Waals surface area (Å²) >= 11 is 5.75. The highest BCUT2D eigenvalue weighted by Gasteiger charge is 2.03. The number of hydrogen-bond acceptors (Lipinski definition) is 3. The Kier molecular flexibility index (Phi) is 3.76. The van der Waals surface area contributed by atoms with Gasteiger partial charge in [0.15, 0.2) is 0 Å². The van der Waals surface area contributed by atoms with Gasteiger partial charge in [0, 0.05) is 17.3 Å². The van der Waals surface area contributed by atoms with Crippen molar-refractivity contribution in [2.45, 2.75) is 13.8 Å². The van der Waals surface area contributed by atoms with Crippen LogP contribution in [0.15, 0.2) is 35.3 Å². The first-order valence-electron chi connectivity index (χ1n) is 5.80. The molecule has 0 atom stereocenters. The Balaban J connectivity index is 2.32. The largest absolute Gasteiger partial charge is 0.507 e. The molecule has 0 unspecified atom stereocenters. The third-order valence-corrected chi connectivity index (χ3v) is 3.04. The smallest absolute Gasteiger partial charge is 0.142 e. The van der Waals surface area contributed by atoms with Crippen molar-refractivity contribution in [1.29, 1.82) is 0 Å². The Hall–Kier alpha value is -2.00. The molecule has 2 aromatic carbocycles. The molecule has 98 valence electrons. The molecule has 4 heteroatoms. The Morgan fingerprint density at radius 3 is 2.26 bits per heavy atom. The first-order chi connectivity index (χ1) is 8.97. The topological polar surface area (TPSA) is 52.8 Å². The first-order valence-corrected chi connectivity index (χ1v) is 6.18. The molecule has 0 heterocycles. The number of hydrogen-bond donors (Lipinski definition) is 2. The number of benzene rings is 2. The Labute approximate surface area is 116 Å². The second-order valence-corrected chi connectivity index (χ2v) is 4.83. The molecule has 0 aromatic heterocycles. The zero-order chi connectivity index (χ0) is 14.0. The van der Waals surface area contributed by atoms with E-state index in [9.17, 15) is 10.2 Å². The summed E-state index contributed by atoms with van der Waals surface area (Å²) in [7, 11) is 0. The average molecular weight is 276 g/mol. The van der Waals surface area contributed by atoms with Gasteiger partial charge in [0.25, 0.3) is 0 Å². The molecule has 0 aliphatic rings. The predicted molar refractivity (Wildman–Crippen MR) is 78.0 cm³/mol. The van der Waals surface area contributed by atoms with Crippen molar-refractivity contribution in [3.05, 3.63) is 52.0 Å². The standard InChI is InChI=1S/C15H14ClNO2/c1-9-5-11(6-10(2)15(9)19)8-17-13-4-3-12(16)7-14(13)18/h3-8,18-19H,1-2H3. The Bertz CT molecular complexity index is 628. The molecule has 0 radical (unpaired) electrons. The van der Waals surface area contributed by atoms with Crippen LogP contribution < -0.4 is 0 Å². The van der Waals surface area contributed by atoms with E-state index in [1.807, 2.05) is 26.0 Å². The van der Waals surface area contributed by atoms with Crippen LogP contribution in [0, 0.1) is 13.8 Å². The van der Waals surface area contributed by atoms with Crippen molar-refractivity contribution in [2.75, 3.05) is 0 Å². The molecule has 2 rings (SSSR count). The number of rotatable bonds is 2. The summed E-state index contributed by atoms with van der Waals surface area (Å²) in [5, 5.41) is 19.8. The summed E-state index contributed by atoms with van der Waals surface area (Å²) in [6, 6.07) is 8.43. The maximum Gasteiger partial charge on any atom is 0.142 e. The predicted octanol–water partition coefficient (Wildman–Crippen LogP) is 4.12.